The summed E-state index contributed by atoms with van der Waals surface area (Å²) in [4.78, 5) is 23.1. The lowest BCUT2D eigenvalue weighted by Gasteiger charge is -2.15. The van der Waals surface area contributed by atoms with Gasteiger partial charge in [-0.2, -0.15) is 0 Å². The second-order valence-corrected chi connectivity index (χ2v) is 5.37. The molecule has 5 nitrogen and oxygen atoms in total. The second kappa shape index (κ2) is 8.72. The fourth-order valence-electron chi connectivity index (χ4n) is 2.20. The van der Waals surface area contributed by atoms with Crippen LogP contribution >= 0.6 is 0 Å². The monoisotopic (exact) mass is 326 g/mol. The van der Waals surface area contributed by atoms with Crippen LogP contribution in [0.15, 0.2) is 54.6 Å². The van der Waals surface area contributed by atoms with E-state index in [9.17, 15) is 9.59 Å². The molecule has 0 bridgehead atoms. The molecule has 0 aliphatic heterocycles. The number of hydrogen-bond donors (Lipinski definition) is 2. The van der Waals surface area contributed by atoms with Crippen LogP contribution in [0.1, 0.15) is 35.4 Å². The Balaban J connectivity index is 1.88. The number of carbonyl (C=O) groups excluding carboxylic acids is 2. The molecular formula is C19H22N2O3. The number of rotatable bonds is 7. The van der Waals surface area contributed by atoms with E-state index in [1.165, 1.54) is 0 Å². The number of amides is 2. The first-order valence-electron chi connectivity index (χ1n) is 7.90. The predicted octanol–water partition coefficient (Wildman–Crippen LogP) is 2.69. The SMILES string of the molecule is CNC(=O)CCNC(=O)c1ccc(O[C@@H](C)c2ccccc2)cc1. The largest absolute Gasteiger partial charge is 0.486 e. The first kappa shape index (κ1) is 17.5. The Morgan fingerprint density at radius 1 is 1.04 bits per heavy atom. The summed E-state index contributed by atoms with van der Waals surface area (Å²) in [5.74, 6) is 0.392. The summed E-state index contributed by atoms with van der Waals surface area (Å²) in [7, 11) is 1.57. The van der Waals surface area contributed by atoms with Crippen molar-refractivity contribution in [1.82, 2.24) is 10.6 Å². The fourth-order valence-corrected chi connectivity index (χ4v) is 2.20. The molecule has 1 atom stereocenters. The van der Waals surface area contributed by atoms with E-state index in [4.69, 9.17) is 4.74 Å². The third-order valence-corrected chi connectivity index (χ3v) is 3.61. The maximum atomic E-state index is 12.0. The molecule has 0 aliphatic carbocycles. The maximum absolute atomic E-state index is 12.0. The highest BCUT2D eigenvalue weighted by Gasteiger charge is 2.09. The van der Waals surface area contributed by atoms with Crippen molar-refractivity contribution in [2.24, 2.45) is 0 Å². The Labute approximate surface area is 142 Å². The molecule has 2 aromatic carbocycles. The Kier molecular flexibility index (Phi) is 6.37. The highest BCUT2D eigenvalue weighted by molar-refractivity contribution is 5.94. The van der Waals surface area contributed by atoms with Gasteiger partial charge in [-0.05, 0) is 36.8 Å². The van der Waals surface area contributed by atoms with Gasteiger partial charge in [-0.3, -0.25) is 9.59 Å². The van der Waals surface area contributed by atoms with Crippen molar-refractivity contribution in [2.75, 3.05) is 13.6 Å². The summed E-state index contributed by atoms with van der Waals surface area (Å²) >= 11 is 0. The summed E-state index contributed by atoms with van der Waals surface area (Å²) in [5, 5.41) is 5.22. The summed E-state index contributed by atoms with van der Waals surface area (Å²) in [6.45, 7) is 2.29. The van der Waals surface area contributed by atoms with Crippen molar-refractivity contribution in [3.8, 4) is 5.75 Å². The van der Waals surface area contributed by atoms with Crippen LogP contribution < -0.4 is 15.4 Å². The number of carbonyl (C=O) groups is 2. The zero-order valence-electron chi connectivity index (χ0n) is 13.9. The van der Waals surface area contributed by atoms with Gasteiger partial charge in [0, 0.05) is 25.6 Å². The molecule has 0 radical (unpaired) electrons. The molecule has 0 saturated carbocycles. The minimum Gasteiger partial charge on any atom is -0.486 e. The molecule has 2 amide bonds. The second-order valence-electron chi connectivity index (χ2n) is 5.37. The van der Waals surface area contributed by atoms with Crippen LogP contribution in [0.4, 0.5) is 0 Å². The van der Waals surface area contributed by atoms with E-state index in [0.717, 1.165) is 5.56 Å². The highest BCUT2D eigenvalue weighted by Crippen LogP contribution is 2.21. The molecule has 0 heterocycles. The first-order chi connectivity index (χ1) is 11.6. The van der Waals surface area contributed by atoms with Crippen LogP contribution in [0.5, 0.6) is 5.75 Å². The van der Waals surface area contributed by atoms with E-state index >= 15 is 0 Å². The number of nitrogens with one attached hydrogen (secondary N) is 2. The fraction of sp³-hybridized carbons (Fsp3) is 0.263. The van der Waals surface area contributed by atoms with Crippen molar-refractivity contribution in [3.05, 3.63) is 65.7 Å². The van der Waals surface area contributed by atoms with Crippen molar-refractivity contribution in [2.45, 2.75) is 19.4 Å². The van der Waals surface area contributed by atoms with Crippen LogP contribution in [0.25, 0.3) is 0 Å². The summed E-state index contributed by atoms with van der Waals surface area (Å²) in [6.07, 6.45) is 0.191. The molecule has 0 aromatic heterocycles. The van der Waals surface area contributed by atoms with Crippen molar-refractivity contribution >= 4 is 11.8 Å². The molecular weight excluding hydrogens is 304 g/mol. The van der Waals surface area contributed by atoms with Crippen molar-refractivity contribution in [1.29, 1.82) is 0 Å². The van der Waals surface area contributed by atoms with Gasteiger partial charge in [-0.1, -0.05) is 30.3 Å². The lowest BCUT2D eigenvalue weighted by Crippen LogP contribution is -2.29. The normalized spacial score (nSPS) is 11.4. The third kappa shape index (κ3) is 5.12. The zero-order valence-corrected chi connectivity index (χ0v) is 13.9. The average molecular weight is 326 g/mol. The molecule has 0 spiro atoms. The van der Waals surface area contributed by atoms with E-state index < -0.39 is 0 Å². The first-order valence-corrected chi connectivity index (χ1v) is 7.90. The standard InChI is InChI=1S/C19H22N2O3/c1-14(15-6-4-3-5-7-15)24-17-10-8-16(9-11-17)19(23)21-13-12-18(22)20-2/h3-11,14H,12-13H2,1-2H3,(H,20,22)(H,21,23)/t14-/m0/s1. The topological polar surface area (TPSA) is 67.4 Å². The minimum atomic E-state index is -0.207. The molecule has 2 aromatic rings. The van der Waals surface area contributed by atoms with Crippen LogP contribution in [0.2, 0.25) is 0 Å². The van der Waals surface area contributed by atoms with E-state index in [1.807, 2.05) is 37.3 Å². The quantitative estimate of drug-likeness (QED) is 0.822. The Morgan fingerprint density at radius 3 is 2.33 bits per heavy atom. The molecule has 5 heteroatoms. The van der Waals surface area contributed by atoms with Gasteiger partial charge >= 0.3 is 0 Å². The minimum absolute atomic E-state index is 0.0709. The summed E-state index contributed by atoms with van der Waals surface area (Å²) in [6, 6.07) is 16.9. The summed E-state index contributed by atoms with van der Waals surface area (Å²) < 4.78 is 5.88. The molecule has 0 unspecified atom stereocenters. The average Bonchev–Trinajstić information content (AvgIpc) is 2.62. The van der Waals surface area contributed by atoms with Crippen LogP contribution in [-0.4, -0.2) is 25.4 Å². The van der Waals surface area contributed by atoms with Gasteiger partial charge in [0.05, 0.1) is 0 Å². The molecule has 126 valence electrons. The molecule has 0 fully saturated rings. The van der Waals surface area contributed by atoms with Crippen molar-refractivity contribution < 1.29 is 14.3 Å². The highest BCUT2D eigenvalue weighted by atomic mass is 16.5. The Bertz CT molecular complexity index is 669. The molecule has 2 N–H and O–H groups in total. The lowest BCUT2D eigenvalue weighted by atomic mass is 10.1. The van der Waals surface area contributed by atoms with Gasteiger partial charge in [0.2, 0.25) is 5.91 Å². The van der Waals surface area contributed by atoms with Gasteiger partial charge in [0.25, 0.3) is 5.91 Å². The Morgan fingerprint density at radius 2 is 1.71 bits per heavy atom. The van der Waals surface area contributed by atoms with E-state index in [0.29, 0.717) is 17.9 Å². The molecule has 2 rings (SSSR count). The maximum Gasteiger partial charge on any atom is 0.251 e. The van der Waals surface area contributed by atoms with Gasteiger partial charge < -0.3 is 15.4 Å². The molecule has 0 aliphatic rings. The molecule has 0 saturated heterocycles. The van der Waals surface area contributed by atoms with Gasteiger partial charge in [-0.15, -0.1) is 0 Å². The van der Waals surface area contributed by atoms with E-state index in [2.05, 4.69) is 10.6 Å². The zero-order chi connectivity index (χ0) is 17.4. The number of ether oxygens (including phenoxy) is 1. The van der Waals surface area contributed by atoms with E-state index in [1.54, 1.807) is 31.3 Å². The van der Waals surface area contributed by atoms with Crippen LogP contribution in [0.3, 0.4) is 0 Å². The summed E-state index contributed by atoms with van der Waals surface area (Å²) in [5.41, 5.74) is 1.63. The third-order valence-electron chi connectivity index (χ3n) is 3.61. The smallest absolute Gasteiger partial charge is 0.251 e. The lowest BCUT2D eigenvalue weighted by molar-refractivity contribution is -0.120. The number of benzene rings is 2. The van der Waals surface area contributed by atoms with E-state index in [-0.39, 0.29) is 24.3 Å². The van der Waals surface area contributed by atoms with Gasteiger partial charge in [0.15, 0.2) is 0 Å². The predicted molar refractivity (Wildman–Crippen MR) is 92.9 cm³/mol. The number of hydrogen-bond acceptors (Lipinski definition) is 3. The van der Waals surface area contributed by atoms with Crippen LogP contribution in [-0.2, 0) is 4.79 Å². The Hall–Kier alpha value is -2.82. The van der Waals surface area contributed by atoms with Crippen molar-refractivity contribution in [3.63, 3.8) is 0 Å². The van der Waals surface area contributed by atoms with Gasteiger partial charge in [0.1, 0.15) is 11.9 Å². The van der Waals surface area contributed by atoms with Gasteiger partial charge in [-0.25, -0.2) is 0 Å². The molecule has 24 heavy (non-hydrogen) atoms. The van der Waals surface area contributed by atoms with Crippen LogP contribution in [0, 0.1) is 0 Å².